The summed E-state index contributed by atoms with van der Waals surface area (Å²) in [7, 11) is 1.63. The van der Waals surface area contributed by atoms with Gasteiger partial charge in [0.25, 0.3) is 0 Å². The van der Waals surface area contributed by atoms with Crippen molar-refractivity contribution >= 4 is 33.3 Å². The fourth-order valence-corrected chi connectivity index (χ4v) is 2.63. The van der Waals surface area contributed by atoms with Crippen molar-refractivity contribution in [2.45, 2.75) is 26.3 Å². The summed E-state index contributed by atoms with van der Waals surface area (Å²) < 4.78 is 6.11. The van der Waals surface area contributed by atoms with Gasteiger partial charge in [-0.25, -0.2) is 9.97 Å². The SMILES string of the molecule is CCCc1nc(Br)cc(NCc2c(Cl)cccc2OC)n1. The second-order valence-corrected chi connectivity index (χ2v) is 5.74. The Morgan fingerprint density at radius 2 is 2.14 bits per heavy atom. The van der Waals surface area contributed by atoms with Crippen molar-refractivity contribution in [1.29, 1.82) is 0 Å². The molecule has 1 aromatic carbocycles. The average Bonchev–Trinajstić information content (AvgIpc) is 2.45. The van der Waals surface area contributed by atoms with Crippen LogP contribution in [0, 0.1) is 0 Å². The summed E-state index contributed by atoms with van der Waals surface area (Å²) in [5.41, 5.74) is 0.911. The van der Waals surface area contributed by atoms with Crippen LogP contribution in [-0.2, 0) is 13.0 Å². The van der Waals surface area contributed by atoms with E-state index in [1.54, 1.807) is 7.11 Å². The lowest BCUT2D eigenvalue weighted by Crippen LogP contribution is -2.06. The zero-order chi connectivity index (χ0) is 15.2. The summed E-state index contributed by atoms with van der Waals surface area (Å²) in [6.07, 6.45) is 1.86. The van der Waals surface area contributed by atoms with Gasteiger partial charge in [0.15, 0.2) is 0 Å². The molecule has 2 rings (SSSR count). The first-order valence-corrected chi connectivity index (χ1v) is 7.89. The number of anilines is 1. The third kappa shape index (κ3) is 4.32. The first-order chi connectivity index (χ1) is 10.1. The largest absolute Gasteiger partial charge is 0.496 e. The second kappa shape index (κ2) is 7.61. The van der Waals surface area contributed by atoms with Crippen molar-refractivity contribution in [2.24, 2.45) is 0 Å². The van der Waals surface area contributed by atoms with Crippen LogP contribution >= 0.6 is 27.5 Å². The first-order valence-electron chi connectivity index (χ1n) is 6.72. The minimum Gasteiger partial charge on any atom is -0.496 e. The van der Waals surface area contributed by atoms with Crippen LogP contribution in [0.2, 0.25) is 5.02 Å². The highest BCUT2D eigenvalue weighted by Gasteiger charge is 2.08. The van der Waals surface area contributed by atoms with Crippen molar-refractivity contribution in [1.82, 2.24) is 9.97 Å². The molecule has 0 spiro atoms. The lowest BCUT2D eigenvalue weighted by atomic mass is 10.2. The predicted octanol–water partition coefficient (Wildman–Crippen LogP) is 4.47. The van der Waals surface area contributed by atoms with Gasteiger partial charge < -0.3 is 10.1 Å². The number of nitrogens with zero attached hydrogens (tertiary/aromatic N) is 2. The molecular formula is C15H17BrClN3O. The van der Waals surface area contributed by atoms with E-state index >= 15 is 0 Å². The third-order valence-corrected chi connectivity index (χ3v) is 3.72. The quantitative estimate of drug-likeness (QED) is 0.762. The predicted molar refractivity (Wildman–Crippen MR) is 89.1 cm³/mol. The molecule has 1 aromatic heterocycles. The fourth-order valence-electron chi connectivity index (χ4n) is 1.97. The molecule has 0 unspecified atom stereocenters. The van der Waals surface area contributed by atoms with Gasteiger partial charge in [0.2, 0.25) is 0 Å². The Morgan fingerprint density at radius 3 is 2.86 bits per heavy atom. The molecule has 0 aliphatic rings. The van der Waals surface area contributed by atoms with E-state index in [2.05, 4.69) is 38.1 Å². The van der Waals surface area contributed by atoms with E-state index in [4.69, 9.17) is 16.3 Å². The van der Waals surface area contributed by atoms with Crippen molar-refractivity contribution < 1.29 is 4.74 Å². The molecule has 0 bridgehead atoms. The van der Waals surface area contributed by atoms with Gasteiger partial charge in [0.05, 0.1) is 7.11 Å². The molecule has 1 N–H and O–H groups in total. The number of nitrogens with one attached hydrogen (secondary N) is 1. The first kappa shape index (κ1) is 16.0. The van der Waals surface area contributed by atoms with Crippen molar-refractivity contribution in [3.05, 3.63) is 45.3 Å². The molecule has 0 saturated carbocycles. The highest BCUT2D eigenvalue weighted by Crippen LogP contribution is 2.27. The smallest absolute Gasteiger partial charge is 0.132 e. The lowest BCUT2D eigenvalue weighted by molar-refractivity contribution is 0.410. The Balaban J connectivity index is 2.16. The van der Waals surface area contributed by atoms with Gasteiger partial charge in [-0.2, -0.15) is 0 Å². The Bertz CT molecular complexity index is 622. The van der Waals surface area contributed by atoms with Gasteiger partial charge in [-0.15, -0.1) is 0 Å². The molecule has 0 amide bonds. The Hall–Kier alpha value is -1.33. The highest BCUT2D eigenvalue weighted by molar-refractivity contribution is 9.10. The molecule has 4 nitrogen and oxygen atoms in total. The van der Waals surface area contributed by atoms with Crippen LogP contribution in [0.15, 0.2) is 28.9 Å². The van der Waals surface area contributed by atoms with Crippen LogP contribution in [0.5, 0.6) is 5.75 Å². The van der Waals surface area contributed by atoms with Crippen LogP contribution < -0.4 is 10.1 Å². The summed E-state index contributed by atoms with van der Waals surface area (Å²) in [6.45, 7) is 2.64. The number of benzene rings is 1. The standard InChI is InChI=1S/C15H17BrClN3O/c1-3-5-14-19-13(16)8-15(20-14)18-9-10-11(17)6-4-7-12(10)21-2/h4,6-8H,3,5,9H2,1-2H3,(H,18,19,20). The minimum atomic E-state index is 0.540. The molecular weight excluding hydrogens is 354 g/mol. The van der Waals surface area contributed by atoms with E-state index in [0.717, 1.165) is 40.4 Å². The molecule has 0 saturated heterocycles. The molecule has 6 heteroatoms. The number of methoxy groups -OCH3 is 1. The minimum absolute atomic E-state index is 0.540. The maximum atomic E-state index is 6.22. The molecule has 112 valence electrons. The Labute approximate surface area is 138 Å². The lowest BCUT2D eigenvalue weighted by Gasteiger charge is -2.12. The van der Waals surface area contributed by atoms with Crippen LogP contribution in [0.25, 0.3) is 0 Å². The molecule has 0 aliphatic heterocycles. The summed E-state index contributed by atoms with van der Waals surface area (Å²) >= 11 is 9.63. The number of ether oxygens (including phenoxy) is 1. The number of halogens is 2. The zero-order valence-corrected chi connectivity index (χ0v) is 14.3. The van der Waals surface area contributed by atoms with Gasteiger partial charge in [0.1, 0.15) is 22.0 Å². The molecule has 2 aromatic rings. The highest BCUT2D eigenvalue weighted by atomic mass is 79.9. The van der Waals surface area contributed by atoms with Crippen LogP contribution in [0.1, 0.15) is 24.7 Å². The molecule has 1 heterocycles. The fraction of sp³-hybridized carbons (Fsp3) is 0.333. The van der Waals surface area contributed by atoms with Gasteiger partial charge >= 0.3 is 0 Å². The normalized spacial score (nSPS) is 10.5. The number of hydrogen-bond donors (Lipinski definition) is 1. The zero-order valence-electron chi connectivity index (χ0n) is 12.0. The maximum absolute atomic E-state index is 6.22. The van der Waals surface area contributed by atoms with Crippen LogP contribution in [0.3, 0.4) is 0 Å². The maximum Gasteiger partial charge on any atom is 0.132 e. The van der Waals surface area contributed by atoms with Crippen molar-refractivity contribution in [3.8, 4) is 5.75 Å². The van der Waals surface area contributed by atoms with Crippen LogP contribution in [0.4, 0.5) is 5.82 Å². The molecule has 0 fully saturated rings. The second-order valence-electron chi connectivity index (χ2n) is 4.52. The molecule has 0 radical (unpaired) electrons. The summed E-state index contributed by atoms with van der Waals surface area (Å²) in [5.74, 6) is 2.35. The molecule has 21 heavy (non-hydrogen) atoms. The average molecular weight is 371 g/mol. The summed E-state index contributed by atoms with van der Waals surface area (Å²) in [6, 6.07) is 7.45. The third-order valence-electron chi connectivity index (χ3n) is 2.96. The van der Waals surface area contributed by atoms with Gasteiger partial charge in [-0.3, -0.25) is 0 Å². The molecule has 0 aliphatic carbocycles. The van der Waals surface area contributed by atoms with E-state index in [0.29, 0.717) is 11.6 Å². The molecule has 0 atom stereocenters. The summed E-state index contributed by atoms with van der Waals surface area (Å²) in [5, 5.41) is 3.94. The topological polar surface area (TPSA) is 47.0 Å². The number of hydrogen-bond acceptors (Lipinski definition) is 4. The number of rotatable bonds is 6. The Kier molecular flexibility index (Phi) is 5.82. The van der Waals surface area contributed by atoms with E-state index in [-0.39, 0.29) is 0 Å². The van der Waals surface area contributed by atoms with Crippen LogP contribution in [-0.4, -0.2) is 17.1 Å². The monoisotopic (exact) mass is 369 g/mol. The summed E-state index contributed by atoms with van der Waals surface area (Å²) in [4.78, 5) is 8.83. The van der Waals surface area contributed by atoms with E-state index < -0.39 is 0 Å². The van der Waals surface area contributed by atoms with Gasteiger partial charge in [-0.05, 0) is 34.5 Å². The van der Waals surface area contributed by atoms with E-state index in [1.165, 1.54) is 0 Å². The van der Waals surface area contributed by atoms with Crippen molar-refractivity contribution in [3.63, 3.8) is 0 Å². The number of aromatic nitrogens is 2. The van der Waals surface area contributed by atoms with Gasteiger partial charge in [-0.1, -0.05) is 24.6 Å². The number of aryl methyl sites for hydroxylation is 1. The van der Waals surface area contributed by atoms with E-state index in [9.17, 15) is 0 Å². The van der Waals surface area contributed by atoms with E-state index in [1.807, 2.05) is 24.3 Å². The van der Waals surface area contributed by atoms with Crippen molar-refractivity contribution in [2.75, 3.05) is 12.4 Å². The van der Waals surface area contributed by atoms with Gasteiger partial charge in [0, 0.05) is 29.6 Å². The Morgan fingerprint density at radius 1 is 1.33 bits per heavy atom.